The van der Waals surface area contributed by atoms with Crippen LogP contribution in [0.3, 0.4) is 0 Å². The molecule has 0 amide bonds. The molecule has 2 atom stereocenters. The highest BCUT2D eigenvalue weighted by atomic mass is 35.5. The van der Waals surface area contributed by atoms with Crippen molar-refractivity contribution in [1.29, 1.82) is 0 Å². The second-order valence-electron chi connectivity index (χ2n) is 5.08. The fraction of sp³-hybridized carbons (Fsp3) is 0.571. The number of nitrogens with two attached hydrogens (primary N) is 1. The molecule has 4 heteroatoms. The predicted molar refractivity (Wildman–Crippen MR) is 76.0 cm³/mol. The monoisotopic (exact) mass is 287 g/mol. The van der Waals surface area contributed by atoms with Gasteiger partial charge in [0.15, 0.2) is 0 Å². The molecule has 0 radical (unpaired) electrons. The molecule has 0 spiro atoms. The SMILES string of the molecule is N[C@@H](c1ccc(Cl)cc1Cl)[C@H](O)C1CCCCC1. The fourth-order valence-electron chi connectivity index (χ4n) is 2.72. The Hall–Kier alpha value is -0.280. The number of hydrogen-bond donors (Lipinski definition) is 2. The van der Waals surface area contributed by atoms with Gasteiger partial charge in [-0.1, -0.05) is 48.5 Å². The largest absolute Gasteiger partial charge is 0.391 e. The van der Waals surface area contributed by atoms with Crippen LogP contribution in [0, 0.1) is 5.92 Å². The third-order valence-corrected chi connectivity index (χ3v) is 4.38. The molecular formula is C14H19Cl2NO. The van der Waals surface area contributed by atoms with Crippen molar-refractivity contribution < 1.29 is 5.11 Å². The van der Waals surface area contributed by atoms with E-state index in [4.69, 9.17) is 28.9 Å². The molecule has 0 saturated heterocycles. The van der Waals surface area contributed by atoms with E-state index in [0.29, 0.717) is 16.0 Å². The van der Waals surface area contributed by atoms with Crippen molar-refractivity contribution in [2.75, 3.05) is 0 Å². The van der Waals surface area contributed by atoms with Crippen molar-refractivity contribution in [3.05, 3.63) is 33.8 Å². The van der Waals surface area contributed by atoms with Gasteiger partial charge in [0.2, 0.25) is 0 Å². The molecule has 1 saturated carbocycles. The lowest BCUT2D eigenvalue weighted by molar-refractivity contribution is 0.0618. The third kappa shape index (κ3) is 3.18. The average molecular weight is 288 g/mol. The van der Waals surface area contributed by atoms with Crippen LogP contribution >= 0.6 is 23.2 Å². The number of benzene rings is 1. The van der Waals surface area contributed by atoms with Gasteiger partial charge in [0.1, 0.15) is 0 Å². The van der Waals surface area contributed by atoms with Gasteiger partial charge in [-0.2, -0.15) is 0 Å². The van der Waals surface area contributed by atoms with Crippen LogP contribution in [0.5, 0.6) is 0 Å². The normalized spacial score (nSPS) is 20.7. The van der Waals surface area contributed by atoms with E-state index >= 15 is 0 Å². The molecule has 0 aromatic heterocycles. The number of aliphatic hydroxyl groups excluding tert-OH is 1. The summed E-state index contributed by atoms with van der Waals surface area (Å²) in [7, 11) is 0. The van der Waals surface area contributed by atoms with E-state index in [0.717, 1.165) is 18.4 Å². The maximum atomic E-state index is 10.4. The van der Waals surface area contributed by atoms with E-state index in [1.54, 1.807) is 18.2 Å². The van der Waals surface area contributed by atoms with Crippen molar-refractivity contribution >= 4 is 23.2 Å². The maximum Gasteiger partial charge on any atom is 0.0761 e. The van der Waals surface area contributed by atoms with E-state index in [1.807, 2.05) is 0 Å². The molecule has 1 aliphatic rings. The third-order valence-electron chi connectivity index (χ3n) is 3.82. The molecule has 0 unspecified atom stereocenters. The summed E-state index contributed by atoms with van der Waals surface area (Å²) in [4.78, 5) is 0. The molecule has 2 rings (SSSR count). The van der Waals surface area contributed by atoms with Gasteiger partial charge >= 0.3 is 0 Å². The van der Waals surface area contributed by atoms with Gasteiger partial charge in [-0.25, -0.2) is 0 Å². The summed E-state index contributed by atoms with van der Waals surface area (Å²) in [5.74, 6) is 0.292. The maximum absolute atomic E-state index is 10.4. The van der Waals surface area contributed by atoms with Gasteiger partial charge in [0.05, 0.1) is 12.1 Å². The van der Waals surface area contributed by atoms with Crippen LogP contribution in [0.1, 0.15) is 43.7 Å². The standard InChI is InChI=1S/C14H19Cl2NO/c15-10-6-7-11(12(16)8-10)13(17)14(18)9-4-2-1-3-5-9/h6-9,13-14,18H,1-5,17H2/t13-,14+/m0/s1. The highest BCUT2D eigenvalue weighted by molar-refractivity contribution is 6.35. The van der Waals surface area contributed by atoms with Crippen molar-refractivity contribution in [3.8, 4) is 0 Å². The zero-order chi connectivity index (χ0) is 13.1. The predicted octanol–water partition coefficient (Wildman–Crippen LogP) is 3.93. The van der Waals surface area contributed by atoms with Crippen LogP contribution < -0.4 is 5.73 Å². The summed E-state index contributed by atoms with van der Waals surface area (Å²) >= 11 is 12.0. The van der Waals surface area contributed by atoms with Gasteiger partial charge < -0.3 is 10.8 Å². The Morgan fingerprint density at radius 3 is 2.44 bits per heavy atom. The highest BCUT2D eigenvalue weighted by Crippen LogP contribution is 2.34. The lowest BCUT2D eigenvalue weighted by atomic mass is 9.81. The number of rotatable bonds is 3. The van der Waals surface area contributed by atoms with Crippen molar-refractivity contribution in [2.24, 2.45) is 11.7 Å². The van der Waals surface area contributed by atoms with Crippen molar-refractivity contribution in [1.82, 2.24) is 0 Å². The molecule has 100 valence electrons. The fourth-order valence-corrected chi connectivity index (χ4v) is 3.26. The van der Waals surface area contributed by atoms with Crippen LogP contribution in [0.15, 0.2) is 18.2 Å². The van der Waals surface area contributed by atoms with Gasteiger partial charge in [0.25, 0.3) is 0 Å². The average Bonchev–Trinajstić information content (AvgIpc) is 2.38. The van der Waals surface area contributed by atoms with Crippen LogP contribution in [-0.4, -0.2) is 11.2 Å². The molecule has 0 heterocycles. The van der Waals surface area contributed by atoms with Crippen LogP contribution in [-0.2, 0) is 0 Å². The Balaban J connectivity index is 2.11. The Bertz CT molecular complexity index is 405. The number of aliphatic hydroxyl groups is 1. The molecule has 0 bridgehead atoms. The van der Waals surface area contributed by atoms with E-state index in [1.165, 1.54) is 19.3 Å². The second-order valence-corrected chi connectivity index (χ2v) is 5.92. The molecule has 1 aromatic rings. The van der Waals surface area contributed by atoms with Crippen LogP contribution in [0.4, 0.5) is 0 Å². The first-order valence-corrected chi connectivity index (χ1v) is 7.24. The molecule has 2 nitrogen and oxygen atoms in total. The van der Waals surface area contributed by atoms with E-state index in [2.05, 4.69) is 0 Å². The Morgan fingerprint density at radius 2 is 1.83 bits per heavy atom. The minimum atomic E-state index is -0.524. The van der Waals surface area contributed by atoms with Gasteiger partial charge in [-0.3, -0.25) is 0 Å². The highest BCUT2D eigenvalue weighted by Gasteiger charge is 2.28. The Morgan fingerprint density at radius 1 is 1.17 bits per heavy atom. The van der Waals surface area contributed by atoms with Gasteiger partial charge in [-0.05, 0) is 36.5 Å². The molecule has 1 fully saturated rings. The zero-order valence-corrected chi connectivity index (χ0v) is 11.8. The number of halogens is 2. The Kier molecular flexibility index (Phi) is 4.91. The molecule has 0 aliphatic heterocycles. The summed E-state index contributed by atoms with van der Waals surface area (Å²) in [6, 6.07) is 4.81. The summed E-state index contributed by atoms with van der Waals surface area (Å²) in [5.41, 5.74) is 6.92. The minimum Gasteiger partial charge on any atom is -0.391 e. The first-order chi connectivity index (χ1) is 8.59. The van der Waals surface area contributed by atoms with Crippen LogP contribution in [0.2, 0.25) is 10.0 Å². The summed E-state index contributed by atoms with van der Waals surface area (Å²) in [6.45, 7) is 0. The second kappa shape index (κ2) is 6.25. The smallest absolute Gasteiger partial charge is 0.0761 e. The van der Waals surface area contributed by atoms with E-state index < -0.39 is 12.1 Å². The topological polar surface area (TPSA) is 46.2 Å². The van der Waals surface area contributed by atoms with E-state index in [-0.39, 0.29) is 0 Å². The first-order valence-electron chi connectivity index (χ1n) is 6.48. The lowest BCUT2D eigenvalue weighted by Crippen LogP contribution is -2.34. The lowest BCUT2D eigenvalue weighted by Gasteiger charge is -2.31. The molecule has 3 N–H and O–H groups in total. The van der Waals surface area contributed by atoms with E-state index in [9.17, 15) is 5.11 Å². The quantitative estimate of drug-likeness (QED) is 0.885. The van der Waals surface area contributed by atoms with Gasteiger partial charge in [-0.15, -0.1) is 0 Å². The van der Waals surface area contributed by atoms with Crippen molar-refractivity contribution in [2.45, 2.75) is 44.2 Å². The number of hydrogen-bond acceptors (Lipinski definition) is 2. The van der Waals surface area contributed by atoms with Crippen molar-refractivity contribution in [3.63, 3.8) is 0 Å². The first kappa shape index (κ1) is 14.1. The molecule has 1 aromatic carbocycles. The summed E-state index contributed by atoms with van der Waals surface area (Å²) in [5, 5.41) is 11.5. The van der Waals surface area contributed by atoms with Gasteiger partial charge in [0, 0.05) is 10.0 Å². The molecule has 1 aliphatic carbocycles. The summed E-state index contributed by atoms with van der Waals surface area (Å²) in [6.07, 6.45) is 5.22. The molecule has 18 heavy (non-hydrogen) atoms. The van der Waals surface area contributed by atoms with Crippen LogP contribution in [0.25, 0.3) is 0 Å². The molecular weight excluding hydrogens is 269 g/mol. The summed E-state index contributed by atoms with van der Waals surface area (Å²) < 4.78 is 0. The zero-order valence-electron chi connectivity index (χ0n) is 10.3. The Labute approximate surface area is 118 Å². The minimum absolute atomic E-state index is 0.292.